The summed E-state index contributed by atoms with van der Waals surface area (Å²) in [6.07, 6.45) is 0. The monoisotopic (exact) mass is 298 g/mol. The predicted molar refractivity (Wildman–Crippen MR) is 96.7 cm³/mol. The summed E-state index contributed by atoms with van der Waals surface area (Å²) in [7, 11) is -1.53. The summed E-state index contributed by atoms with van der Waals surface area (Å²) in [4.78, 5) is 0. The summed E-state index contributed by atoms with van der Waals surface area (Å²) in [6, 6.07) is 25.9. The van der Waals surface area contributed by atoms with Crippen LogP contribution in [0.25, 0.3) is 32.7 Å². The van der Waals surface area contributed by atoms with Crippen LogP contribution in [0.5, 0.6) is 0 Å². The van der Waals surface area contributed by atoms with Gasteiger partial charge in [-0.2, -0.15) is 0 Å². The van der Waals surface area contributed by atoms with Crippen LogP contribution >= 0.6 is 0 Å². The molecule has 0 heterocycles. The quantitative estimate of drug-likeness (QED) is 0.440. The second-order valence-electron chi connectivity index (χ2n) is 5.62. The van der Waals surface area contributed by atoms with Crippen molar-refractivity contribution in [1.29, 1.82) is 0 Å². The fourth-order valence-corrected chi connectivity index (χ4v) is 3.35. The standard InChI is InChI=1S/C20H15BO2/c22-21(23)20-18-13-7-5-11-16(18)15-10-4-6-12-17(15)19(20)14-8-2-1-3-9-14/h1-13,22-23H. The molecule has 2 nitrogen and oxygen atoms in total. The first-order valence-electron chi connectivity index (χ1n) is 7.62. The Morgan fingerprint density at radius 3 is 1.61 bits per heavy atom. The molecule has 0 atom stereocenters. The van der Waals surface area contributed by atoms with E-state index in [9.17, 15) is 10.0 Å². The topological polar surface area (TPSA) is 40.5 Å². The molecule has 4 aromatic rings. The molecule has 0 aliphatic heterocycles. The summed E-state index contributed by atoms with van der Waals surface area (Å²) >= 11 is 0. The van der Waals surface area contributed by atoms with Crippen molar-refractivity contribution in [2.45, 2.75) is 0 Å². The van der Waals surface area contributed by atoms with Crippen molar-refractivity contribution in [2.24, 2.45) is 0 Å². The third-order valence-electron chi connectivity index (χ3n) is 4.29. The zero-order valence-corrected chi connectivity index (χ0v) is 12.5. The Labute approximate surface area is 134 Å². The van der Waals surface area contributed by atoms with Crippen LogP contribution in [0.4, 0.5) is 0 Å². The minimum atomic E-state index is -1.53. The van der Waals surface area contributed by atoms with Crippen LogP contribution in [-0.2, 0) is 0 Å². The van der Waals surface area contributed by atoms with Gasteiger partial charge in [-0.15, -0.1) is 0 Å². The highest BCUT2D eigenvalue weighted by Gasteiger charge is 2.23. The van der Waals surface area contributed by atoms with Crippen LogP contribution in [0.1, 0.15) is 0 Å². The van der Waals surface area contributed by atoms with Crippen molar-refractivity contribution >= 4 is 34.1 Å². The average Bonchev–Trinajstić information content (AvgIpc) is 2.61. The van der Waals surface area contributed by atoms with Crippen LogP contribution in [0.15, 0.2) is 78.9 Å². The first kappa shape index (κ1) is 14.0. The Morgan fingerprint density at radius 1 is 0.522 bits per heavy atom. The van der Waals surface area contributed by atoms with Crippen molar-refractivity contribution < 1.29 is 10.0 Å². The van der Waals surface area contributed by atoms with E-state index in [1.165, 1.54) is 0 Å². The number of fused-ring (bicyclic) bond motifs is 3. The normalized spacial score (nSPS) is 11.0. The summed E-state index contributed by atoms with van der Waals surface area (Å²) < 4.78 is 0. The summed E-state index contributed by atoms with van der Waals surface area (Å²) in [5.74, 6) is 0. The Kier molecular flexibility index (Phi) is 3.38. The first-order chi connectivity index (χ1) is 11.3. The van der Waals surface area contributed by atoms with Gasteiger partial charge in [0.2, 0.25) is 0 Å². The summed E-state index contributed by atoms with van der Waals surface area (Å²) in [5.41, 5.74) is 2.43. The van der Waals surface area contributed by atoms with Gasteiger partial charge in [0.1, 0.15) is 0 Å². The fourth-order valence-electron chi connectivity index (χ4n) is 3.35. The molecule has 0 bridgehead atoms. The van der Waals surface area contributed by atoms with Gasteiger partial charge >= 0.3 is 7.12 Å². The van der Waals surface area contributed by atoms with Crippen LogP contribution in [0, 0.1) is 0 Å². The fraction of sp³-hybridized carbons (Fsp3) is 0. The van der Waals surface area contributed by atoms with Gasteiger partial charge < -0.3 is 10.0 Å². The van der Waals surface area contributed by atoms with Gasteiger partial charge in [0.05, 0.1) is 0 Å². The van der Waals surface area contributed by atoms with Crippen molar-refractivity contribution in [3.05, 3.63) is 78.9 Å². The molecule has 0 aromatic heterocycles. The molecule has 23 heavy (non-hydrogen) atoms. The number of rotatable bonds is 2. The van der Waals surface area contributed by atoms with Gasteiger partial charge in [0.25, 0.3) is 0 Å². The molecule has 0 fully saturated rings. The Morgan fingerprint density at radius 2 is 1.00 bits per heavy atom. The van der Waals surface area contributed by atoms with E-state index in [4.69, 9.17) is 0 Å². The van der Waals surface area contributed by atoms with Crippen molar-refractivity contribution in [3.8, 4) is 11.1 Å². The van der Waals surface area contributed by atoms with Crippen molar-refractivity contribution in [1.82, 2.24) is 0 Å². The van der Waals surface area contributed by atoms with E-state index in [-0.39, 0.29) is 0 Å². The summed E-state index contributed by atoms with van der Waals surface area (Å²) in [6.45, 7) is 0. The zero-order chi connectivity index (χ0) is 15.8. The van der Waals surface area contributed by atoms with Crippen molar-refractivity contribution in [3.63, 3.8) is 0 Å². The molecule has 0 saturated heterocycles. The predicted octanol–water partition coefficient (Wildman–Crippen LogP) is 3.34. The maximum atomic E-state index is 10.1. The minimum Gasteiger partial charge on any atom is -0.423 e. The molecule has 4 aromatic carbocycles. The number of benzene rings is 4. The number of hydrogen-bond acceptors (Lipinski definition) is 2. The van der Waals surface area contributed by atoms with E-state index in [1.807, 2.05) is 72.8 Å². The molecule has 4 rings (SSSR count). The number of hydrogen-bond donors (Lipinski definition) is 2. The van der Waals surface area contributed by atoms with Gasteiger partial charge in [-0.1, -0.05) is 78.9 Å². The Balaban J connectivity index is 2.28. The van der Waals surface area contributed by atoms with E-state index in [2.05, 4.69) is 6.07 Å². The molecule has 0 radical (unpaired) electrons. The SMILES string of the molecule is OB(O)c1c(-c2ccccc2)c2ccccc2c2ccccc12. The second-order valence-corrected chi connectivity index (χ2v) is 5.62. The van der Waals surface area contributed by atoms with Crippen LogP contribution in [0.3, 0.4) is 0 Å². The summed E-state index contributed by atoms with van der Waals surface area (Å²) in [5, 5.41) is 24.2. The lowest BCUT2D eigenvalue weighted by Gasteiger charge is -2.17. The van der Waals surface area contributed by atoms with Crippen molar-refractivity contribution in [2.75, 3.05) is 0 Å². The Hall–Kier alpha value is -2.62. The molecule has 0 unspecified atom stereocenters. The van der Waals surface area contributed by atoms with Gasteiger partial charge in [0, 0.05) is 0 Å². The van der Waals surface area contributed by atoms with Crippen LogP contribution in [0.2, 0.25) is 0 Å². The van der Waals surface area contributed by atoms with Gasteiger partial charge in [-0.3, -0.25) is 0 Å². The molecule has 0 aliphatic rings. The van der Waals surface area contributed by atoms with E-state index in [1.54, 1.807) is 0 Å². The van der Waals surface area contributed by atoms with E-state index in [0.717, 1.165) is 32.7 Å². The lowest BCUT2D eigenvalue weighted by molar-refractivity contribution is 0.426. The van der Waals surface area contributed by atoms with E-state index >= 15 is 0 Å². The maximum Gasteiger partial charge on any atom is 0.489 e. The highest BCUT2D eigenvalue weighted by Crippen LogP contribution is 2.33. The van der Waals surface area contributed by atoms with Gasteiger partial charge in [-0.25, -0.2) is 0 Å². The maximum absolute atomic E-state index is 10.1. The largest absolute Gasteiger partial charge is 0.489 e. The molecule has 2 N–H and O–H groups in total. The van der Waals surface area contributed by atoms with Gasteiger partial charge in [-0.05, 0) is 38.1 Å². The molecular weight excluding hydrogens is 283 g/mol. The van der Waals surface area contributed by atoms with E-state index in [0.29, 0.717) is 5.46 Å². The smallest absolute Gasteiger partial charge is 0.423 e. The molecule has 0 spiro atoms. The highest BCUT2D eigenvalue weighted by atomic mass is 16.4. The minimum absolute atomic E-state index is 0.561. The highest BCUT2D eigenvalue weighted by molar-refractivity contribution is 6.65. The molecule has 3 heteroatoms. The van der Waals surface area contributed by atoms with E-state index < -0.39 is 7.12 Å². The molecule has 0 amide bonds. The molecule has 110 valence electrons. The third kappa shape index (κ3) is 2.22. The second kappa shape index (κ2) is 5.54. The Bertz CT molecular complexity index is 994. The molecule has 0 aliphatic carbocycles. The lowest BCUT2D eigenvalue weighted by atomic mass is 9.71. The molecular formula is C20H15BO2. The molecule has 0 saturated carbocycles. The lowest BCUT2D eigenvalue weighted by Crippen LogP contribution is -2.32. The van der Waals surface area contributed by atoms with Crippen LogP contribution < -0.4 is 5.46 Å². The zero-order valence-electron chi connectivity index (χ0n) is 12.5. The van der Waals surface area contributed by atoms with Crippen LogP contribution in [-0.4, -0.2) is 17.2 Å². The van der Waals surface area contributed by atoms with Gasteiger partial charge in [0.15, 0.2) is 0 Å². The first-order valence-corrected chi connectivity index (χ1v) is 7.62. The third-order valence-corrected chi connectivity index (χ3v) is 4.29. The average molecular weight is 298 g/mol.